The molecule has 4 nitrogen and oxygen atoms in total. The van der Waals surface area contributed by atoms with Crippen molar-refractivity contribution in [3.8, 4) is 16.9 Å². The summed E-state index contributed by atoms with van der Waals surface area (Å²) in [5.41, 5.74) is 2.87. The van der Waals surface area contributed by atoms with Crippen molar-refractivity contribution >= 4 is 11.6 Å². The van der Waals surface area contributed by atoms with Crippen LogP contribution in [0.2, 0.25) is 0 Å². The number of para-hydroxylation sites is 2. The van der Waals surface area contributed by atoms with Gasteiger partial charge >= 0.3 is 6.36 Å². The predicted molar refractivity (Wildman–Crippen MR) is 110 cm³/mol. The highest BCUT2D eigenvalue weighted by Crippen LogP contribution is 2.28. The van der Waals surface area contributed by atoms with Gasteiger partial charge in [0.25, 0.3) is 0 Å². The number of anilines is 1. The van der Waals surface area contributed by atoms with E-state index in [1.807, 2.05) is 54.6 Å². The Morgan fingerprint density at radius 2 is 1.57 bits per heavy atom. The summed E-state index contributed by atoms with van der Waals surface area (Å²) in [6.07, 6.45) is -4.77. The maximum atomic E-state index is 12.6. The Kier molecular flexibility index (Phi) is 6.74. The van der Waals surface area contributed by atoms with E-state index in [9.17, 15) is 18.0 Å². The first-order chi connectivity index (χ1) is 14.3. The molecule has 0 heterocycles. The van der Waals surface area contributed by atoms with Crippen LogP contribution in [0, 0.1) is 0 Å². The van der Waals surface area contributed by atoms with Crippen LogP contribution in [0.15, 0.2) is 78.9 Å². The number of hydrogen-bond donors (Lipinski definition) is 1. The van der Waals surface area contributed by atoms with Crippen LogP contribution in [-0.2, 0) is 11.3 Å². The van der Waals surface area contributed by atoms with Gasteiger partial charge in [0.1, 0.15) is 5.75 Å². The summed E-state index contributed by atoms with van der Waals surface area (Å²) in [5.74, 6) is -0.540. The van der Waals surface area contributed by atoms with Crippen molar-refractivity contribution in [1.29, 1.82) is 0 Å². The molecule has 0 spiro atoms. The average molecular weight is 414 g/mol. The van der Waals surface area contributed by atoms with Crippen LogP contribution in [0.3, 0.4) is 0 Å². The SMILES string of the molecule is CN(CC(=O)Nc1ccccc1-c1ccccc1)Cc1ccccc1OC(F)(F)F. The largest absolute Gasteiger partial charge is 0.573 e. The lowest BCUT2D eigenvalue weighted by Gasteiger charge is -2.19. The van der Waals surface area contributed by atoms with Gasteiger partial charge in [-0.05, 0) is 24.7 Å². The number of likely N-dealkylation sites (N-methyl/N-ethyl adjacent to an activating group) is 1. The minimum absolute atomic E-state index is 0.00345. The minimum atomic E-state index is -4.77. The lowest BCUT2D eigenvalue weighted by atomic mass is 10.0. The topological polar surface area (TPSA) is 41.6 Å². The molecule has 0 aromatic heterocycles. The molecular formula is C23H21F3N2O2. The molecule has 1 N–H and O–H groups in total. The fourth-order valence-electron chi connectivity index (χ4n) is 3.10. The van der Waals surface area contributed by atoms with Gasteiger partial charge in [-0.1, -0.05) is 66.7 Å². The van der Waals surface area contributed by atoms with Crippen molar-refractivity contribution in [2.45, 2.75) is 12.9 Å². The third-order valence-corrected chi connectivity index (χ3v) is 4.34. The monoisotopic (exact) mass is 414 g/mol. The maximum absolute atomic E-state index is 12.6. The van der Waals surface area contributed by atoms with Crippen molar-refractivity contribution in [3.05, 3.63) is 84.4 Å². The lowest BCUT2D eigenvalue weighted by molar-refractivity contribution is -0.275. The predicted octanol–water partition coefficient (Wildman–Crippen LogP) is 5.32. The van der Waals surface area contributed by atoms with E-state index in [1.54, 1.807) is 24.1 Å². The van der Waals surface area contributed by atoms with Gasteiger partial charge in [0.15, 0.2) is 0 Å². The van der Waals surface area contributed by atoms with Crippen molar-refractivity contribution < 1.29 is 22.7 Å². The van der Waals surface area contributed by atoms with E-state index in [0.29, 0.717) is 11.3 Å². The Labute approximate surface area is 172 Å². The summed E-state index contributed by atoms with van der Waals surface area (Å²) in [7, 11) is 1.66. The molecule has 0 saturated carbocycles. The van der Waals surface area contributed by atoms with Crippen LogP contribution in [0.4, 0.5) is 18.9 Å². The van der Waals surface area contributed by atoms with E-state index >= 15 is 0 Å². The Morgan fingerprint density at radius 1 is 0.933 bits per heavy atom. The maximum Gasteiger partial charge on any atom is 0.573 e. The molecule has 0 fully saturated rings. The molecule has 0 aliphatic rings. The van der Waals surface area contributed by atoms with Gasteiger partial charge in [-0.25, -0.2) is 0 Å². The number of ether oxygens (including phenoxy) is 1. The molecular weight excluding hydrogens is 393 g/mol. The number of rotatable bonds is 7. The zero-order valence-electron chi connectivity index (χ0n) is 16.3. The molecule has 3 rings (SSSR count). The molecule has 0 radical (unpaired) electrons. The third-order valence-electron chi connectivity index (χ3n) is 4.34. The first kappa shape index (κ1) is 21.4. The highest BCUT2D eigenvalue weighted by molar-refractivity contribution is 5.96. The van der Waals surface area contributed by atoms with Crippen molar-refractivity contribution in [3.63, 3.8) is 0 Å². The number of nitrogens with one attached hydrogen (secondary N) is 1. The van der Waals surface area contributed by atoms with Gasteiger partial charge in [0.2, 0.25) is 5.91 Å². The summed E-state index contributed by atoms with van der Waals surface area (Å²) in [4.78, 5) is 14.2. The third kappa shape index (κ3) is 6.09. The van der Waals surface area contributed by atoms with E-state index in [-0.39, 0.29) is 24.7 Å². The Hall–Kier alpha value is -3.32. The van der Waals surface area contributed by atoms with E-state index < -0.39 is 6.36 Å². The highest BCUT2D eigenvalue weighted by atomic mass is 19.4. The zero-order chi connectivity index (χ0) is 21.6. The number of benzene rings is 3. The van der Waals surface area contributed by atoms with Gasteiger partial charge in [-0.15, -0.1) is 13.2 Å². The van der Waals surface area contributed by atoms with Gasteiger partial charge in [0, 0.05) is 23.4 Å². The number of carbonyl (C=O) groups excluding carboxylic acids is 1. The Morgan fingerprint density at radius 3 is 2.30 bits per heavy atom. The van der Waals surface area contributed by atoms with Gasteiger partial charge < -0.3 is 10.1 Å². The molecule has 30 heavy (non-hydrogen) atoms. The highest BCUT2D eigenvalue weighted by Gasteiger charge is 2.32. The normalized spacial score (nSPS) is 11.4. The molecule has 0 aliphatic heterocycles. The molecule has 3 aromatic carbocycles. The van der Waals surface area contributed by atoms with Gasteiger partial charge in [0.05, 0.1) is 6.54 Å². The van der Waals surface area contributed by atoms with Crippen LogP contribution in [0.1, 0.15) is 5.56 Å². The first-order valence-electron chi connectivity index (χ1n) is 9.28. The van der Waals surface area contributed by atoms with E-state index in [2.05, 4.69) is 10.1 Å². The van der Waals surface area contributed by atoms with Crippen LogP contribution in [0.5, 0.6) is 5.75 Å². The second-order valence-corrected chi connectivity index (χ2v) is 6.79. The number of alkyl halides is 3. The molecule has 0 atom stereocenters. The molecule has 1 amide bonds. The van der Waals surface area contributed by atoms with Crippen LogP contribution in [-0.4, -0.2) is 30.8 Å². The van der Waals surface area contributed by atoms with Crippen molar-refractivity contribution in [2.75, 3.05) is 18.9 Å². The molecule has 0 saturated heterocycles. The lowest BCUT2D eigenvalue weighted by Crippen LogP contribution is -2.30. The summed E-state index contributed by atoms with van der Waals surface area (Å²) in [6.45, 7) is 0.128. The quantitative estimate of drug-likeness (QED) is 0.569. The standard InChI is InChI=1S/C23H21F3N2O2/c1-28(15-18-11-5-8-14-21(18)30-23(24,25)26)16-22(29)27-20-13-7-6-12-19(20)17-9-3-2-4-10-17/h2-14H,15-16H2,1H3,(H,27,29). The number of amides is 1. The first-order valence-corrected chi connectivity index (χ1v) is 9.28. The second-order valence-electron chi connectivity index (χ2n) is 6.79. The fraction of sp³-hybridized carbons (Fsp3) is 0.174. The molecule has 156 valence electrons. The summed E-state index contributed by atoms with van der Waals surface area (Å²) < 4.78 is 41.8. The second kappa shape index (κ2) is 9.45. The number of nitrogens with zero attached hydrogens (tertiary/aromatic N) is 1. The van der Waals surface area contributed by atoms with E-state index in [4.69, 9.17) is 0 Å². The number of hydrogen-bond acceptors (Lipinski definition) is 3. The summed E-state index contributed by atoms with van der Waals surface area (Å²) in [5, 5.41) is 2.89. The van der Waals surface area contributed by atoms with E-state index in [1.165, 1.54) is 12.1 Å². The van der Waals surface area contributed by atoms with Gasteiger partial charge in [-0.3, -0.25) is 9.69 Å². The van der Waals surface area contributed by atoms with Crippen LogP contribution < -0.4 is 10.1 Å². The van der Waals surface area contributed by atoms with Gasteiger partial charge in [-0.2, -0.15) is 0 Å². The number of carbonyl (C=O) groups is 1. The molecule has 3 aromatic rings. The Bertz CT molecular complexity index is 991. The smallest absolute Gasteiger partial charge is 0.405 e. The summed E-state index contributed by atoms with van der Waals surface area (Å²) >= 11 is 0. The minimum Gasteiger partial charge on any atom is -0.405 e. The number of halogens is 3. The van der Waals surface area contributed by atoms with E-state index in [0.717, 1.165) is 11.1 Å². The zero-order valence-corrected chi connectivity index (χ0v) is 16.3. The fourth-order valence-corrected chi connectivity index (χ4v) is 3.10. The Balaban J connectivity index is 1.66. The average Bonchev–Trinajstić information content (AvgIpc) is 2.69. The summed E-state index contributed by atoms with van der Waals surface area (Å²) in [6, 6.07) is 23.0. The van der Waals surface area contributed by atoms with Crippen LogP contribution in [0.25, 0.3) is 11.1 Å². The molecule has 0 aliphatic carbocycles. The molecule has 0 unspecified atom stereocenters. The molecule has 0 bridgehead atoms. The van der Waals surface area contributed by atoms with Crippen molar-refractivity contribution in [1.82, 2.24) is 4.90 Å². The molecule has 7 heteroatoms. The van der Waals surface area contributed by atoms with Crippen LogP contribution >= 0.6 is 0 Å². The van der Waals surface area contributed by atoms with Crippen molar-refractivity contribution in [2.24, 2.45) is 0 Å².